The number of phenolic OH excluding ortho intramolecular Hbond substituents is 3. The van der Waals surface area contributed by atoms with E-state index in [0.29, 0.717) is 40.8 Å². The lowest BCUT2D eigenvalue weighted by Crippen LogP contribution is -2.08. The Morgan fingerprint density at radius 1 is 0.774 bits per heavy atom. The van der Waals surface area contributed by atoms with E-state index in [1.807, 2.05) is 45.0 Å². The topological polar surface area (TPSA) is 87.0 Å². The van der Waals surface area contributed by atoms with Crippen LogP contribution in [0.1, 0.15) is 57.1 Å². The van der Waals surface area contributed by atoms with Gasteiger partial charge in [-0.1, -0.05) is 42.3 Å². The SMILES string of the molecule is CCCOC(=O)c1cc(Cc2cc(C)ccc2O)c(O)c(Cc2cc(C)ccc2O)c1. The van der Waals surface area contributed by atoms with Crippen LogP contribution in [0.3, 0.4) is 0 Å². The van der Waals surface area contributed by atoms with Crippen LogP contribution in [0.15, 0.2) is 48.5 Å². The predicted octanol–water partition coefficient (Wildman–Crippen LogP) is 5.17. The zero-order chi connectivity index (χ0) is 22.5. The number of phenols is 3. The molecule has 5 heteroatoms. The molecule has 3 rings (SSSR count). The van der Waals surface area contributed by atoms with Gasteiger partial charge in [0.2, 0.25) is 0 Å². The summed E-state index contributed by atoms with van der Waals surface area (Å²) < 4.78 is 5.29. The molecular formula is C26H28O5. The van der Waals surface area contributed by atoms with E-state index in [-0.39, 0.29) is 30.1 Å². The first-order valence-electron chi connectivity index (χ1n) is 10.4. The highest BCUT2D eigenvalue weighted by Crippen LogP contribution is 2.33. The molecule has 0 unspecified atom stereocenters. The Bertz CT molecular complexity index is 1030. The Balaban J connectivity index is 2.06. The maximum absolute atomic E-state index is 12.6. The van der Waals surface area contributed by atoms with Crippen molar-refractivity contribution in [2.75, 3.05) is 6.61 Å². The van der Waals surface area contributed by atoms with Gasteiger partial charge >= 0.3 is 5.97 Å². The highest BCUT2D eigenvalue weighted by Gasteiger charge is 2.18. The van der Waals surface area contributed by atoms with Crippen molar-refractivity contribution in [3.63, 3.8) is 0 Å². The van der Waals surface area contributed by atoms with Crippen LogP contribution in [-0.2, 0) is 17.6 Å². The second kappa shape index (κ2) is 9.56. The largest absolute Gasteiger partial charge is 0.508 e. The van der Waals surface area contributed by atoms with Gasteiger partial charge in [0.25, 0.3) is 0 Å². The third-order valence-corrected chi connectivity index (χ3v) is 5.17. The summed E-state index contributed by atoms with van der Waals surface area (Å²) in [6, 6.07) is 13.8. The molecule has 0 radical (unpaired) electrons. The highest BCUT2D eigenvalue weighted by molar-refractivity contribution is 5.90. The van der Waals surface area contributed by atoms with Crippen molar-refractivity contribution in [2.45, 2.75) is 40.0 Å². The summed E-state index contributed by atoms with van der Waals surface area (Å²) in [5.74, 6) is -0.177. The molecule has 0 fully saturated rings. The molecular weight excluding hydrogens is 392 g/mol. The first kappa shape index (κ1) is 22.2. The number of rotatable bonds is 7. The number of ether oxygens (including phenoxy) is 1. The van der Waals surface area contributed by atoms with Gasteiger partial charge in [0.05, 0.1) is 12.2 Å². The molecule has 0 aliphatic carbocycles. The van der Waals surface area contributed by atoms with Gasteiger partial charge in [0, 0.05) is 12.8 Å². The zero-order valence-corrected chi connectivity index (χ0v) is 18.1. The summed E-state index contributed by atoms with van der Waals surface area (Å²) in [4.78, 5) is 12.6. The van der Waals surface area contributed by atoms with Crippen LogP contribution in [0.5, 0.6) is 17.2 Å². The number of carbonyl (C=O) groups is 1. The Morgan fingerprint density at radius 3 is 1.71 bits per heavy atom. The molecule has 31 heavy (non-hydrogen) atoms. The van der Waals surface area contributed by atoms with Gasteiger partial charge in [0.1, 0.15) is 17.2 Å². The molecule has 0 aromatic heterocycles. The standard InChI is InChI=1S/C26H28O5/c1-4-9-31-26(30)22-14-20(12-18-10-16(2)5-7-23(18)27)25(29)21(15-22)13-19-11-17(3)6-8-24(19)28/h5-8,10-11,14-15,27-29H,4,9,12-13H2,1-3H3. The van der Waals surface area contributed by atoms with Crippen molar-refractivity contribution < 1.29 is 24.9 Å². The first-order valence-corrected chi connectivity index (χ1v) is 10.4. The minimum Gasteiger partial charge on any atom is -0.508 e. The fourth-order valence-electron chi connectivity index (χ4n) is 3.55. The van der Waals surface area contributed by atoms with Crippen molar-refractivity contribution in [2.24, 2.45) is 0 Å². The summed E-state index contributed by atoms with van der Waals surface area (Å²) in [6.07, 6.45) is 1.21. The van der Waals surface area contributed by atoms with Gasteiger partial charge < -0.3 is 20.1 Å². The second-order valence-corrected chi connectivity index (χ2v) is 7.90. The van der Waals surface area contributed by atoms with Crippen molar-refractivity contribution >= 4 is 5.97 Å². The van der Waals surface area contributed by atoms with Gasteiger partial charge in [-0.2, -0.15) is 0 Å². The molecule has 3 N–H and O–H groups in total. The smallest absolute Gasteiger partial charge is 0.338 e. The summed E-state index contributed by atoms with van der Waals surface area (Å²) in [6.45, 7) is 6.07. The van der Waals surface area contributed by atoms with Crippen LogP contribution < -0.4 is 0 Å². The van der Waals surface area contributed by atoms with Gasteiger partial charge in [-0.3, -0.25) is 0 Å². The molecule has 0 amide bonds. The van der Waals surface area contributed by atoms with Gasteiger partial charge in [-0.05, 0) is 66.8 Å². The lowest BCUT2D eigenvalue weighted by atomic mass is 9.93. The molecule has 3 aromatic carbocycles. The van der Waals surface area contributed by atoms with Gasteiger partial charge in [0.15, 0.2) is 0 Å². The van der Waals surface area contributed by atoms with E-state index in [1.165, 1.54) is 0 Å². The second-order valence-electron chi connectivity index (χ2n) is 7.90. The maximum Gasteiger partial charge on any atom is 0.338 e. The van der Waals surface area contributed by atoms with Crippen molar-refractivity contribution in [1.29, 1.82) is 0 Å². The van der Waals surface area contributed by atoms with Crippen molar-refractivity contribution in [1.82, 2.24) is 0 Å². The quantitative estimate of drug-likeness (QED) is 0.459. The monoisotopic (exact) mass is 420 g/mol. The normalized spacial score (nSPS) is 10.8. The molecule has 3 aromatic rings. The fraction of sp³-hybridized carbons (Fsp3) is 0.269. The lowest BCUT2D eigenvalue weighted by molar-refractivity contribution is 0.0505. The molecule has 5 nitrogen and oxygen atoms in total. The van der Waals surface area contributed by atoms with E-state index in [9.17, 15) is 20.1 Å². The summed E-state index contributed by atoms with van der Waals surface area (Å²) in [5, 5.41) is 31.5. The van der Waals surface area contributed by atoms with E-state index >= 15 is 0 Å². The van der Waals surface area contributed by atoms with Crippen LogP contribution in [0, 0.1) is 13.8 Å². The van der Waals surface area contributed by atoms with Crippen LogP contribution in [-0.4, -0.2) is 27.9 Å². The number of aromatic hydroxyl groups is 3. The third kappa shape index (κ3) is 5.37. The molecule has 0 bridgehead atoms. The number of benzene rings is 3. The molecule has 0 heterocycles. The molecule has 0 saturated heterocycles. The average molecular weight is 421 g/mol. The first-order chi connectivity index (χ1) is 14.8. The molecule has 0 saturated carbocycles. The number of hydrogen-bond acceptors (Lipinski definition) is 5. The molecule has 0 aliphatic heterocycles. The zero-order valence-electron chi connectivity index (χ0n) is 18.1. The van der Waals surface area contributed by atoms with Crippen LogP contribution in [0.4, 0.5) is 0 Å². The molecule has 0 atom stereocenters. The van der Waals surface area contributed by atoms with Crippen molar-refractivity contribution in [3.8, 4) is 17.2 Å². The molecule has 0 spiro atoms. The number of hydrogen-bond donors (Lipinski definition) is 3. The maximum atomic E-state index is 12.6. The number of carbonyl (C=O) groups excluding carboxylic acids is 1. The van der Waals surface area contributed by atoms with E-state index in [4.69, 9.17) is 4.74 Å². The van der Waals surface area contributed by atoms with Gasteiger partial charge in [-0.15, -0.1) is 0 Å². The lowest BCUT2D eigenvalue weighted by Gasteiger charge is -2.15. The van der Waals surface area contributed by atoms with E-state index < -0.39 is 5.97 Å². The summed E-state index contributed by atoms with van der Waals surface area (Å²) in [7, 11) is 0. The van der Waals surface area contributed by atoms with Crippen LogP contribution in [0.25, 0.3) is 0 Å². The van der Waals surface area contributed by atoms with Gasteiger partial charge in [-0.25, -0.2) is 4.79 Å². The Labute approximate surface area is 182 Å². The highest BCUT2D eigenvalue weighted by atomic mass is 16.5. The van der Waals surface area contributed by atoms with Crippen LogP contribution >= 0.6 is 0 Å². The van der Waals surface area contributed by atoms with E-state index in [1.54, 1.807) is 24.3 Å². The minimum atomic E-state index is -0.466. The fourth-order valence-corrected chi connectivity index (χ4v) is 3.55. The van der Waals surface area contributed by atoms with E-state index in [2.05, 4.69) is 0 Å². The molecule has 0 aliphatic rings. The Hall–Kier alpha value is -3.47. The van der Waals surface area contributed by atoms with Crippen molar-refractivity contribution in [3.05, 3.63) is 87.5 Å². The molecule has 162 valence electrons. The average Bonchev–Trinajstić information content (AvgIpc) is 2.74. The number of aryl methyl sites for hydroxylation is 2. The van der Waals surface area contributed by atoms with Crippen LogP contribution in [0.2, 0.25) is 0 Å². The Morgan fingerprint density at radius 2 is 1.26 bits per heavy atom. The number of esters is 1. The predicted molar refractivity (Wildman–Crippen MR) is 120 cm³/mol. The summed E-state index contributed by atoms with van der Waals surface area (Å²) in [5.41, 5.74) is 4.61. The minimum absolute atomic E-state index is 0.0360. The van der Waals surface area contributed by atoms with E-state index in [0.717, 1.165) is 11.1 Å². The third-order valence-electron chi connectivity index (χ3n) is 5.17. The Kier molecular flexibility index (Phi) is 6.85. The summed E-state index contributed by atoms with van der Waals surface area (Å²) >= 11 is 0.